The molecule has 1 atom stereocenters. The largest absolute Gasteiger partial charge is 0.494 e. The fourth-order valence-corrected chi connectivity index (χ4v) is 2.54. The van der Waals surface area contributed by atoms with Crippen LogP contribution in [0.4, 0.5) is 0 Å². The predicted octanol–water partition coefficient (Wildman–Crippen LogP) is 4.57. The molecule has 2 aromatic rings. The Bertz CT molecular complexity index is 536. The van der Waals surface area contributed by atoms with Crippen molar-refractivity contribution in [3.63, 3.8) is 0 Å². The molecule has 2 nitrogen and oxygen atoms in total. The number of hydrogen-bond donors (Lipinski definition) is 1. The van der Waals surface area contributed by atoms with Crippen molar-refractivity contribution in [2.24, 2.45) is 5.92 Å². The Labute approximate surface area is 128 Å². The van der Waals surface area contributed by atoms with Crippen molar-refractivity contribution >= 4 is 0 Å². The fourth-order valence-electron chi connectivity index (χ4n) is 2.54. The Kier molecular flexibility index (Phi) is 5.82. The highest BCUT2D eigenvalue weighted by atomic mass is 16.5. The number of benzene rings is 2. The van der Waals surface area contributed by atoms with Crippen molar-refractivity contribution in [1.29, 1.82) is 0 Å². The van der Waals surface area contributed by atoms with Gasteiger partial charge in [0.05, 0.1) is 6.61 Å². The maximum Gasteiger partial charge on any atom is 0.119 e. The van der Waals surface area contributed by atoms with Crippen LogP contribution < -0.4 is 10.1 Å². The van der Waals surface area contributed by atoms with Gasteiger partial charge in [0.15, 0.2) is 0 Å². The molecule has 0 radical (unpaired) electrons. The van der Waals surface area contributed by atoms with Crippen LogP contribution in [-0.4, -0.2) is 6.61 Å². The van der Waals surface area contributed by atoms with Gasteiger partial charge in [0.25, 0.3) is 0 Å². The van der Waals surface area contributed by atoms with Gasteiger partial charge in [0.2, 0.25) is 0 Å². The van der Waals surface area contributed by atoms with Gasteiger partial charge in [0, 0.05) is 12.6 Å². The zero-order valence-electron chi connectivity index (χ0n) is 13.2. The molecule has 112 valence electrons. The molecule has 0 heterocycles. The van der Waals surface area contributed by atoms with Gasteiger partial charge < -0.3 is 10.1 Å². The van der Waals surface area contributed by atoms with E-state index in [9.17, 15) is 0 Å². The first-order chi connectivity index (χ1) is 10.2. The third-order valence-electron chi connectivity index (χ3n) is 3.56. The molecule has 0 aliphatic carbocycles. The molecule has 1 N–H and O–H groups in total. The molecule has 2 heteroatoms. The van der Waals surface area contributed by atoms with Crippen molar-refractivity contribution < 1.29 is 4.74 Å². The summed E-state index contributed by atoms with van der Waals surface area (Å²) in [4.78, 5) is 0. The van der Waals surface area contributed by atoms with E-state index in [-0.39, 0.29) is 0 Å². The lowest BCUT2D eigenvalue weighted by molar-refractivity contribution is 0.339. The fraction of sp³-hybridized carbons (Fsp3) is 0.368. The first-order valence-electron chi connectivity index (χ1n) is 7.70. The van der Waals surface area contributed by atoms with Crippen molar-refractivity contribution in [2.45, 2.75) is 33.4 Å². The summed E-state index contributed by atoms with van der Waals surface area (Å²) in [7, 11) is 0. The van der Waals surface area contributed by atoms with Gasteiger partial charge in [-0.1, -0.05) is 56.3 Å². The number of hydrogen-bond acceptors (Lipinski definition) is 2. The maximum absolute atomic E-state index is 5.56. The Hall–Kier alpha value is -1.80. The van der Waals surface area contributed by atoms with Gasteiger partial charge in [0.1, 0.15) is 5.75 Å². The van der Waals surface area contributed by atoms with Gasteiger partial charge in [-0.2, -0.15) is 0 Å². The molecule has 0 saturated carbocycles. The number of nitrogens with one attached hydrogen (secondary N) is 1. The molecular formula is C19H25NO. The average molecular weight is 283 g/mol. The van der Waals surface area contributed by atoms with Crippen LogP contribution in [0.25, 0.3) is 0 Å². The zero-order valence-corrected chi connectivity index (χ0v) is 13.2. The standard InChI is InChI=1S/C19H25NO/c1-4-21-18-12-8-9-16(13-18)14-20-19(15(2)3)17-10-6-5-7-11-17/h5-13,15,19-20H,4,14H2,1-3H3. The van der Waals surface area contributed by atoms with E-state index in [1.54, 1.807) is 0 Å². The van der Waals surface area contributed by atoms with Crippen LogP contribution in [0.2, 0.25) is 0 Å². The molecule has 0 fully saturated rings. The smallest absolute Gasteiger partial charge is 0.119 e. The summed E-state index contributed by atoms with van der Waals surface area (Å²) >= 11 is 0. The molecule has 2 aromatic carbocycles. The molecular weight excluding hydrogens is 258 g/mol. The van der Waals surface area contributed by atoms with Gasteiger partial charge in [-0.25, -0.2) is 0 Å². The highest BCUT2D eigenvalue weighted by Gasteiger charge is 2.14. The molecule has 21 heavy (non-hydrogen) atoms. The summed E-state index contributed by atoms with van der Waals surface area (Å²) in [5.41, 5.74) is 2.59. The Morgan fingerprint density at radius 1 is 1.00 bits per heavy atom. The topological polar surface area (TPSA) is 21.3 Å². The van der Waals surface area contributed by atoms with E-state index in [0.717, 1.165) is 12.3 Å². The molecule has 0 aliphatic heterocycles. The van der Waals surface area contributed by atoms with E-state index in [1.165, 1.54) is 11.1 Å². The lowest BCUT2D eigenvalue weighted by Crippen LogP contribution is -2.25. The molecule has 0 spiro atoms. The third kappa shape index (κ3) is 4.61. The quantitative estimate of drug-likeness (QED) is 0.803. The lowest BCUT2D eigenvalue weighted by atomic mass is 9.96. The summed E-state index contributed by atoms with van der Waals surface area (Å²) in [6.45, 7) is 8.06. The Balaban J connectivity index is 2.04. The molecule has 0 saturated heterocycles. The van der Waals surface area contributed by atoms with Gasteiger partial charge in [-0.05, 0) is 36.1 Å². The number of ether oxygens (including phenoxy) is 1. The first-order valence-corrected chi connectivity index (χ1v) is 7.70. The van der Waals surface area contributed by atoms with Crippen LogP contribution in [0.5, 0.6) is 5.75 Å². The van der Waals surface area contributed by atoms with Crippen LogP contribution in [0.15, 0.2) is 54.6 Å². The second kappa shape index (κ2) is 7.84. The summed E-state index contributed by atoms with van der Waals surface area (Å²) < 4.78 is 5.56. The van der Waals surface area contributed by atoms with Crippen LogP contribution in [-0.2, 0) is 6.54 Å². The van der Waals surface area contributed by atoms with E-state index in [1.807, 2.05) is 13.0 Å². The van der Waals surface area contributed by atoms with Crippen molar-refractivity contribution in [2.75, 3.05) is 6.61 Å². The van der Waals surface area contributed by atoms with E-state index < -0.39 is 0 Å². The van der Waals surface area contributed by atoms with Gasteiger partial charge >= 0.3 is 0 Å². The van der Waals surface area contributed by atoms with Gasteiger partial charge in [-0.3, -0.25) is 0 Å². The van der Waals surface area contributed by atoms with Crippen molar-refractivity contribution in [3.8, 4) is 5.75 Å². The van der Waals surface area contributed by atoms with E-state index in [0.29, 0.717) is 18.6 Å². The van der Waals surface area contributed by atoms with Crippen LogP contribution in [0.1, 0.15) is 37.9 Å². The van der Waals surface area contributed by atoms with Gasteiger partial charge in [-0.15, -0.1) is 0 Å². The maximum atomic E-state index is 5.56. The highest BCUT2D eigenvalue weighted by Crippen LogP contribution is 2.22. The minimum atomic E-state index is 0.363. The summed E-state index contributed by atoms with van der Waals surface area (Å²) in [5.74, 6) is 1.49. The second-order valence-corrected chi connectivity index (χ2v) is 5.59. The van der Waals surface area contributed by atoms with E-state index >= 15 is 0 Å². The molecule has 0 amide bonds. The Morgan fingerprint density at radius 3 is 2.43 bits per heavy atom. The first kappa shape index (κ1) is 15.6. The lowest BCUT2D eigenvalue weighted by Gasteiger charge is -2.23. The van der Waals surface area contributed by atoms with Crippen LogP contribution in [0, 0.1) is 5.92 Å². The van der Waals surface area contributed by atoms with Crippen LogP contribution in [0.3, 0.4) is 0 Å². The average Bonchev–Trinajstić information content (AvgIpc) is 2.49. The van der Waals surface area contributed by atoms with Crippen molar-refractivity contribution in [1.82, 2.24) is 5.32 Å². The van der Waals surface area contributed by atoms with Crippen LogP contribution >= 0.6 is 0 Å². The molecule has 0 aromatic heterocycles. The van der Waals surface area contributed by atoms with E-state index in [4.69, 9.17) is 4.74 Å². The molecule has 2 rings (SSSR count). The molecule has 1 unspecified atom stereocenters. The SMILES string of the molecule is CCOc1cccc(CNC(c2ccccc2)C(C)C)c1. The minimum absolute atomic E-state index is 0.363. The summed E-state index contributed by atoms with van der Waals surface area (Å²) in [6, 6.07) is 19.3. The molecule has 0 bridgehead atoms. The normalized spacial score (nSPS) is 12.4. The third-order valence-corrected chi connectivity index (χ3v) is 3.56. The summed E-state index contributed by atoms with van der Waals surface area (Å²) in [5, 5.41) is 3.67. The second-order valence-electron chi connectivity index (χ2n) is 5.59. The zero-order chi connectivity index (χ0) is 15.1. The summed E-state index contributed by atoms with van der Waals surface area (Å²) in [6.07, 6.45) is 0. The minimum Gasteiger partial charge on any atom is -0.494 e. The van der Waals surface area contributed by atoms with Crippen molar-refractivity contribution in [3.05, 3.63) is 65.7 Å². The monoisotopic (exact) mass is 283 g/mol. The predicted molar refractivity (Wildman–Crippen MR) is 88.5 cm³/mol. The highest BCUT2D eigenvalue weighted by molar-refractivity contribution is 5.29. The molecule has 0 aliphatic rings. The number of rotatable bonds is 7. The van der Waals surface area contributed by atoms with E-state index in [2.05, 4.69) is 67.7 Å². The Morgan fingerprint density at radius 2 is 1.76 bits per heavy atom.